The van der Waals surface area contributed by atoms with E-state index in [0.717, 1.165) is 19.5 Å². The number of aromatic nitrogens is 2. The fraction of sp³-hybridized carbons (Fsp3) is 0.667. The Morgan fingerprint density at radius 2 is 2.33 bits per heavy atom. The highest BCUT2D eigenvalue weighted by molar-refractivity contribution is 5.89. The van der Waals surface area contributed by atoms with Crippen LogP contribution in [0.5, 0.6) is 0 Å². The SMILES string of the molecule is CC(C)CN1CC(C(=O)NCCCn2cccn2)CC1=O. The zero-order chi connectivity index (χ0) is 15.2. The zero-order valence-electron chi connectivity index (χ0n) is 12.8. The van der Waals surface area contributed by atoms with Crippen LogP contribution < -0.4 is 5.32 Å². The maximum absolute atomic E-state index is 12.1. The van der Waals surface area contributed by atoms with E-state index in [0.29, 0.717) is 25.4 Å². The molecule has 1 aliphatic heterocycles. The standard InChI is InChI=1S/C15H24N4O2/c1-12(2)10-18-11-13(9-14(18)20)15(21)16-5-3-7-19-8-4-6-17-19/h4,6,8,12-13H,3,5,7,9-11H2,1-2H3,(H,16,21). The molecule has 2 heterocycles. The van der Waals surface area contributed by atoms with Gasteiger partial charge in [0, 0.05) is 45.0 Å². The summed E-state index contributed by atoms with van der Waals surface area (Å²) in [7, 11) is 0. The van der Waals surface area contributed by atoms with Crippen LogP contribution in [-0.4, -0.2) is 46.1 Å². The predicted octanol–water partition coefficient (Wildman–Crippen LogP) is 0.894. The number of rotatable bonds is 7. The number of amides is 2. The molecule has 1 atom stereocenters. The lowest BCUT2D eigenvalue weighted by Gasteiger charge is -2.18. The monoisotopic (exact) mass is 292 g/mol. The van der Waals surface area contributed by atoms with Crippen molar-refractivity contribution in [1.29, 1.82) is 0 Å². The van der Waals surface area contributed by atoms with E-state index in [2.05, 4.69) is 24.3 Å². The van der Waals surface area contributed by atoms with Crippen LogP contribution >= 0.6 is 0 Å². The van der Waals surface area contributed by atoms with Crippen molar-refractivity contribution >= 4 is 11.8 Å². The first kappa shape index (κ1) is 15.5. The number of carbonyl (C=O) groups excluding carboxylic acids is 2. The minimum atomic E-state index is -0.194. The molecule has 1 N–H and O–H groups in total. The summed E-state index contributed by atoms with van der Waals surface area (Å²) in [5, 5.41) is 7.03. The van der Waals surface area contributed by atoms with Crippen LogP contribution in [0.25, 0.3) is 0 Å². The van der Waals surface area contributed by atoms with Gasteiger partial charge in [-0.1, -0.05) is 13.8 Å². The Morgan fingerprint density at radius 1 is 1.52 bits per heavy atom. The van der Waals surface area contributed by atoms with E-state index in [-0.39, 0.29) is 17.7 Å². The highest BCUT2D eigenvalue weighted by Crippen LogP contribution is 2.19. The number of likely N-dealkylation sites (tertiary alicyclic amines) is 1. The summed E-state index contributed by atoms with van der Waals surface area (Å²) >= 11 is 0. The van der Waals surface area contributed by atoms with Crippen LogP contribution in [0.3, 0.4) is 0 Å². The number of nitrogens with zero attached hydrogens (tertiary/aromatic N) is 3. The van der Waals surface area contributed by atoms with Crippen LogP contribution in [0, 0.1) is 11.8 Å². The third-order valence-electron chi connectivity index (χ3n) is 3.59. The first-order valence-corrected chi connectivity index (χ1v) is 7.59. The maximum Gasteiger partial charge on any atom is 0.225 e. The number of hydrogen-bond acceptors (Lipinski definition) is 3. The Hall–Kier alpha value is -1.85. The van der Waals surface area contributed by atoms with E-state index in [1.807, 2.05) is 16.9 Å². The van der Waals surface area contributed by atoms with Crippen molar-refractivity contribution in [1.82, 2.24) is 20.0 Å². The maximum atomic E-state index is 12.1. The average Bonchev–Trinajstić information content (AvgIpc) is 3.05. The van der Waals surface area contributed by atoms with Crippen LogP contribution in [-0.2, 0) is 16.1 Å². The predicted molar refractivity (Wildman–Crippen MR) is 79.4 cm³/mol. The lowest BCUT2D eigenvalue weighted by molar-refractivity contribution is -0.129. The molecule has 1 saturated heterocycles. The second-order valence-electron chi connectivity index (χ2n) is 6.01. The number of nitrogens with one attached hydrogen (secondary N) is 1. The molecule has 6 heteroatoms. The molecular weight excluding hydrogens is 268 g/mol. The molecule has 1 fully saturated rings. The Labute approximate surface area is 125 Å². The van der Waals surface area contributed by atoms with Gasteiger partial charge >= 0.3 is 0 Å². The van der Waals surface area contributed by atoms with Gasteiger partial charge in [-0.05, 0) is 18.4 Å². The van der Waals surface area contributed by atoms with Crippen molar-refractivity contribution in [3.05, 3.63) is 18.5 Å². The molecular formula is C15H24N4O2. The first-order valence-electron chi connectivity index (χ1n) is 7.59. The molecule has 0 aliphatic carbocycles. The number of hydrogen-bond donors (Lipinski definition) is 1. The van der Waals surface area contributed by atoms with E-state index >= 15 is 0 Å². The first-order chi connectivity index (χ1) is 10.1. The van der Waals surface area contributed by atoms with Crippen LogP contribution in [0.1, 0.15) is 26.7 Å². The van der Waals surface area contributed by atoms with Crippen molar-refractivity contribution in [2.75, 3.05) is 19.6 Å². The van der Waals surface area contributed by atoms with E-state index in [1.165, 1.54) is 0 Å². The molecule has 1 aromatic rings. The topological polar surface area (TPSA) is 67.2 Å². The van der Waals surface area contributed by atoms with E-state index in [4.69, 9.17) is 0 Å². The van der Waals surface area contributed by atoms with Gasteiger partial charge in [-0.3, -0.25) is 14.3 Å². The Balaban J connectivity index is 1.68. The number of aryl methyl sites for hydroxylation is 1. The Kier molecular flexibility index (Phi) is 5.36. The summed E-state index contributed by atoms with van der Waals surface area (Å²) < 4.78 is 1.84. The lowest BCUT2D eigenvalue weighted by atomic mass is 10.1. The van der Waals surface area contributed by atoms with Crippen molar-refractivity contribution in [3.63, 3.8) is 0 Å². The Morgan fingerprint density at radius 3 is 3.00 bits per heavy atom. The van der Waals surface area contributed by atoms with E-state index in [9.17, 15) is 9.59 Å². The van der Waals surface area contributed by atoms with Crippen molar-refractivity contribution in [3.8, 4) is 0 Å². The highest BCUT2D eigenvalue weighted by Gasteiger charge is 2.34. The zero-order valence-corrected chi connectivity index (χ0v) is 12.8. The van der Waals surface area contributed by atoms with Gasteiger partial charge < -0.3 is 10.2 Å². The molecule has 1 unspecified atom stereocenters. The third kappa shape index (κ3) is 4.58. The summed E-state index contributed by atoms with van der Waals surface area (Å²) in [6.45, 7) is 6.86. The van der Waals surface area contributed by atoms with Gasteiger partial charge in [0.25, 0.3) is 0 Å². The second kappa shape index (κ2) is 7.24. The third-order valence-corrected chi connectivity index (χ3v) is 3.59. The molecule has 1 aromatic heterocycles. The largest absolute Gasteiger partial charge is 0.356 e. The van der Waals surface area contributed by atoms with Gasteiger partial charge in [-0.2, -0.15) is 5.10 Å². The van der Waals surface area contributed by atoms with E-state index in [1.54, 1.807) is 11.1 Å². The summed E-state index contributed by atoms with van der Waals surface area (Å²) in [6.07, 6.45) is 4.83. The summed E-state index contributed by atoms with van der Waals surface area (Å²) in [6, 6.07) is 1.88. The lowest BCUT2D eigenvalue weighted by Crippen LogP contribution is -2.34. The quantitative estimate of drug-likeness (QED) is 0.759. The molecule has 21 heavy (non-hydrogen) atoms. The average molecular weight is 292 g/mol. The van der Waals surface area contributed by atoms with Gasteiger partial charge in [0.2, 0.25) is 11.8 Å². The van der Waals surface area contributed by atoms with Gasteiger partial charge in [0.1, 0.15) is 0 Å². The highest BCUT2D eigenvalue weighted by atomic mass is 16.2. The summed E-state index contributed by atoms with van der Waals surface area (Å²) in [5.41, 5.74) is 0. The van der Waals surface area contributed by atoms with E-state index < -0.39 is 0 Å². The summed E-state index contributed by atoms with van der Waals surface area (Å²) in [5.74, 6) is 0.334. The van der Waals surface area contributed by atoms with Crippen LogP contribution in [0.2, 0.25) is 0 Å². The van der Waals surface area contributed by atoms with Gasteiger partial charge in [0.15, 0.2) is 0 Å². The fourth-order valence-electron chi connectivity index (χ4n) is 2.59. The molecule has 1 aliphatic rings. The molecule has 116 valence electrons. The van der Waals surface area contributed by atoms with Gasteiger partial charge in [0.05, 0.1) is 5.92 Å². The fourth-order valence-corrected chi connectivity index (χ4v) is 2.59. The van der Waals surface area contributed by atoms with Gasteiger partial charge in [-0.25, -0.2) is 0 Å². The molecule has 0 saturated carbocycles. The van der Waals surface area contributed by atoms with Gasteiger partial charge in [-0.15, -0.1) is 0 Å². The normalized spacial score (nSPS) is 18.5. The molecule has 0 radical (unpaired) electrons. The Bertz CT molecular complexity index is 470. The molecule has 0 spiro atoms. The number of carbonyl (C=O) groups is 2. The van der Waals surface area contributed by atoms with Crippen molar-refractivity contribution in [2.45, 2.75) is 33.2 Å². The van der Waals surface area contributed by atoms with Crippen molar-refractivity contribution < 1.29 is 9.59 Å². The molecule has 0 aromatic carbocycles. The smallest absolute Gasteiger partial charge is 0.225 e. The molecule has 0 bridgehead atoms. The van der Waals surface area contributed by atoms with Crippen LogP contribution in [0.15, 0.2) is 18.5 Å². The summed E-state index contributed by atoms with van der Waals surface area (Å²) in [4.78, 5) is 25.7. The minimum absolute atomic E-state index is 0.00456. The second-order valence-corrected chi connectivity index (χ2v) is 6.01. The minimum Gasteiger partial charge on any atom is -0.356 e. The molecule has 2 amide bonds. The van der Waals surface area contributed by atoms with Crippen LogP contribution in [0.4, 0.5) is 0 Å². The molecule has 2 rings (SSSR count). The van der Waals surface area contributed by atoms with Crippen molar-refractivity contribution in [2.24, 2.45) is 11.8 Å². The molecule has 6 nitrogen and oxygen atoms in total.